The Bertz CT molecular complexity index is 529. The summed E-state index contributed by atoms with van der Waals surface area (Å²) in [6.45, 7) is 1.53. The molecule has 1 aromatic rings. The number of carbonyl (C=O) groups excluding carboxylic acids is 1. The summed E-state index contributed by atoms with van der Waals surface area (Å²) in [6.07, 6.45) is -0.488. The van der Waals surface area contributed by atoms with Crippen LogP contribution in [0, 0.1) is 17.0 Å². The maximum Gasteiger partial charge on any atom is 0.305 e. The molecule has 0 radical (unpaired) electrons. The van der Waals surface area contributed by atoms with Crippen molar-refractivity contribution in [3.05, 3.63) is 33.9 Å². The van der Waals surface area contributed by atoms with Gasteiger partial charge >= 0.3 is 5.97 Å². The number of carbonyl (C=O) groups is 2. The number of rotatable bonds is 5. The van der Waals surface area contributed by atoms with Gasteiger partial charge in [-0.15, -0.1) is 0 Å². The van der Waals surface area contributed by atoms with E-state index in [0.717, 1.165) is 0 Å². The minimum Gasteiger partial charge on any atom is -0.481 e. The smallest absolute Gasteiger partial charge is 0.305 e. The highest BCUT2D eigenvalue weighted by molar-refractivity contribution is 5.96. The van der Waals surface area contributed by atoms with Gasteiger partial charge in [-0.3, -0.25) is 19.7 Å². The summed E-state index contributed by atoms with van der Waals surface area (Å²) in [5, 5.41) is 21.5. The van der Waals surface area contributed by atoms with Crippen molar-refractivity contribution in [2.45, 2.75) is 19.4 Å². The topological polar surface area (TPSA) is 136 Å². The molecular formula is C11H13N3O5. The zero-order chi connectivity index (χ0) is 14.6. The number of nitrogens with one attached hydrogen (secondary N) is 1. The van der Waals surface area contributed by atoms with E-state index in [1.54, 1.807) is 0 Å². The maximum absolute atomic E-state index is 11.5. The molecule has 1 amide bonds. The molecule has 19 heavy (non-hydrogen) atoms. The van der Waals surface area contributed by atoms with Crippen LogP contribution in [0.5, 0.6) is 0 Å². The first-order chi connectivity index (χ1) is 8.81. The van der Waals surface area contributed by atoms with Crippen molar-refractivity contribution < 1.29 is 19.6 Å². The van der Waals surface area contributed by atoms with Crippen LogP contribution in [0.3, 0.4) is 0 Å². The zero-order valence-electron chi connectivity index (χ0n) is 10.1. The molecule has 1 atom stereocenters. The van der Waals surface area contributed by atoms with Crippen molar-refractivity contribution in [2.75, 3.05) is 5.32 Å². The maximum atomic E-state index is 11.5. The Balaban J connectivity index is 2.78. The van der Waals surface area contributed by atoms with Gasteiger partial charge in [0.1, 0.15) is 0 Å². The Morgan fingerprint density at radius 3 is 2.63 bits per heavy atom. The number of benzene rings is 1. The number of nitrogens with zero attached hydrogens (tertiary/aromatic N) is 1. The van der Waals surface area contributed by atoms with Gasteiger partial charge in [0.05, 0.1) is 17.4 Å². The number of hydrogen-bond acceptors (Lipinski definition) is 5. The monoisotopic (exact) mass is 267 g/mol. The number of aliphatic carboxylic acids is 1. The fourth-order valence-electron chi connectivity index (χ4n) is 1.45. The fourth-order valence-corrected chi connectivity index (χ4v) is 1.45. The molecule has 1 rings (SSSR count). The second kappa shape index (κ2) is 5.91. The third-order valence-corrected chi connectivity index (χ3v) is 2.39. The van der Waals surface area contributed by atoms with E-state index < -0.39 is 29.3 Å². The Morgan fingerprint density at radius 2 is 2.16 bits per heavy atom. The van der Waals surface area contributed by atoms with Crippen LogP contribution in [0.25, 0.3) is 0 Å². The van der Waals surface area contributed by atoms with Crippen molar-refractivity contribution in [1.82, 2.24) is 0 Å². The lowest BCUT2D eigenvalue weighted by Crippen LogP contribution is -2.37. The molecule has 0 saturated carbocycles. The van der Waals surface area contributed by atoms with Gasteiger partial charge < -0.3 is 16.2 Å². The first-order valence-electron chi connectivity index (χ1n) is 5.34. The summed E-state index contributed by atoms with van der Waals surface area (Å²) >= 11 is 0. The largest absolute Gasteiger partial charge is 0.481 e. The van der Waals surface area contributed by atoms with E-state index in [4.69, 9.17) is 10.8 Å². The molecule has 1 unspecified atom stereocenters. The summed E-state index contributed by atoms with van der Waals surface area (Å²) in [5.74, 6) is -1.84. The van der Waals surface area contributed by atoms with Crippen LogP contribution < -0.4 is 11.1 Å². The average molecular weight is 267 g/mol. The molecule has 0 aliphatic heterocycles. The second-order valence-corrected chi connectivity index (χ2v) is 3.95. The van der Waals surface area contributed by atoms with Gasteiger partial charge in [-0.2, -0.15) is 0 Å². The second-order valence-electron chi connectivity index (χ2n) is 3.95. The molecule has 0 aliphatic rings. The van der Waals surface area contributed by atoms with Gasteiger partial charge in [0, 0.05) is 17.3 Å². The van der Waals surface area contributed by atoms with E-state index in [1.165, 1.54) is 25.1 Å². The van der Waals surface area contributed by atoms with Crippen LogP contribution in [0.4, 0.5) is 11.4 Å². The lowest BCUT2D eigenvalue weighted by molar-refractivity contribution is -0.385. The number of nitro benzene ring substituents is 1. The van der Waals surface area contributed by atoms with E-state index in [-0.39, 0.29) is 5.69 Å². The van der Waals surface area contributed by atoms with E-state index in [1.807, 2.05) is 0 Å². The number of carboxylic acids is 1. The highest BCUT2D eigenvalue weighted by Crippen LogP contribution is 2.21. The Hall–Kier alpha value is -2.48. The van der Waals surface area contributed by atoms with Gasteiger partial charge in [0.2, 0.25) is 5.91 Å². The van der Waals surface area contributed by atoms with Crippen LogP contribution in [-0.4, -0.2) is 27.9 Å². The molecule has 4 N–H and O–H groups in total. The molecule has 0 saturated heterocycles. The molecule has 0 aromatic heterocycles. The van der Waals surface area contributed by atoms with E-state index in [2.05, 4.69) is 5.32 Å². The van der Waals surface area contributed by atoms with Gasteiger partial charge in [-0.05, 0) is 19.1 Å². The standard InChI is InChI=1S/C11H13N3O5/c1-6-4-7(2-3-9(6)14(18)19)13-11(17)8(12)5-10(15)16/h2-4,8H,5,12H2,1H3,(H,13,17)(H,15,16). The molecular weight excluding hydrogens is 254 g/mol. The first-order valence-corrected chi connectivity index (χ1v) is 5.34. The Morgan fingerprint density at radius 1 is 1.53 bits per heavy atom. The Labute approximate surface area is 108 Å². The summed E-state index contributed by atoms with van der Waals surface area (Å²) in [6, 6.07) is 2.86. The Kier molecular flexibility index (Phi) is 4.54. The van der Waals surface area contributed by atoms with Gasteiger partial charge in [0.25, 0.3) is 5.69 Å². The van der Waals surface area contributed by atoms with Gasteiger partial charge in [-0.25, -0.2) is 0 Å². The van der Waals surface area contributed by atoms with Crippen LogP contribution in [0.2, 0.25) is 0 Å². The third kappa shape index (κ3) is 4.03. The number of nitrogens with two attached hydrogens (primary N) is 1. The van der Waals surface area contributed by atoms with Gasteiger partial charge in [0.15, 0.2) is 0 Å². The molecule has 0 bridgehead atoms. The lowest BCUT2D eigenvalue weighted by atomic mass is 10.1. The van der Waals surface area contributed by atoms with E-state index in [0.29, 0.717) is 11.3 Å². The summed E-state index contributed by atoms with van der Waals surface area (Å²) in [7, 11) is 0. The van der Waals surface area contributed by atoms with Crippen molar-refractivity contribution in [2.24, 2.45) is 5.73 Å². The number of amides is 1. The number of nitro groups is 1. The van der Waals surface area contributed by atoms with Crippen molar-refractivity contribution >= 4 is 23.3 Å². The summed E-state index contributed by atoms with van der Waals surface area (Å²) in [4.78, 5) is 32.0. The van der Waals surface area contributed by atoms with Crippen molar-refractivity contribution in [3.8, 4) is 0 Å². The van der Waals surface area contributed by atoms with Crippen LogP contribution in [-0.2, 0) is 9.59 Å². The molecule has 102 valence electrons. The predicted molar refractivity (Wildman–Crippen MR) is 66.7 cm³/mol. The number of carboxylic acid groups (broad SMARTS) is 1. The minimum absolute atomic E-state index is 0.0622. The first kappa shape index (κ1) is 14.6. The molecule has 0 fully saturated rings. The zero-order valence-corrected chi connectivity index (χ0v) is 10.1. The number of anilines is 1. The minimum atomic E-state index is -1.18. The van der Waals surface area contributed by atoms with Crippen molar-refractivity contribution in [3.63, 3.8) is 0 Å². The predicted octanol–water partition coefficient (Wildman–Crippen LogP) is 0.644. The van der Waals surface area contributed by atoms with Crippen molar-refractivity contribution in [1.29, 1.82) is 0 Å². The normalized spacial score (nSPS) is 11.7. The number of hydrogen-bond donors (Lipinski definition) is 3. The van der Waals surface area contributed by atoms with Crippen LogP contribution in [0.1, 0.15) is 12.0 Å². The SMILES string of the molecule is Cc1cc(NC(=O)C(N)CC(=O)O)ccc1[N+](=O)[O-]. The van der Waals surface area contributed by atoms with Gasteiger partial charge in [-0.1, -0.05) is 0 Å². The highest BCUT2D eigenvalue weighted by Gasteiger charge is 2.18. The molecule has 8 nitrogen and oxygen atoms in total. The molecule has 0 heterocycles. The van der Waals surface area contributed by atoms with E-state index in [9.17, 15) is 19.7 Å². The van der Waals surface area contributed by atoms with Crippen LogP contribution in [0.15, 0.2) is 18.2 Å². The summed E-state index contributed by atoms with van der Waals surface area (Å²) < 4.78 is 0. The molecule has 0 spiro atoms. The van der Waals surface area contributed by atoms with E-state index >= 15 is 0 Å². The number of aryl methyl sites for hydroxylation is 1. The quantitative estimate of drug-likeness (QED) is 0.529. The fraction of sp³-hybridized carbons (Fsp3) is 0.273. The lowest BCUT2D eigenvalue weighted by Gasteiger charge is -2.10. The van der Waals surface area contributed by atoms with Crippen LogP contribution >= 0.6 is 0 Å². The molecule has 8 heteroatoms. The molecule has 0 aliphatic carbocycles. The summed E-state index contributed by atoms with van der Waals surface area (Å²) in [5.41, 5.74) is 6.03. The highest BCUT2D eigenvalue weighted by atomic mass is 16.6. The molecule has 1 aromatic carbocycles. The average Bonchev–Trinajstić information content (AvgIpc) is 2.27. The third-order valence-electron chi connectivity index (χ3n) is 2.39.